The van der Waals surface area contributed by atoms with Crippen LogP contribution in [0, 0.1) is 25.6 Å². The summed E-state index contributed by atoms with van der Waals surface area (Å²) in [6.07, 6.45) is 8.38. The van der Waals surface area contributed by atoms with E-state index in [-0.39, 0.29) is 29.6 Å². The van der Waals surface area contributed by atoms with Gasteiger partial charge in [-0.1, -0.05) is 6.07 Å². The number of pyridine rings is 2. The molecule has 7 nitrogen and oxygen atoms in total. The minimum atomic E-state index is -0.528. The van der Waals surface area contributed by atoms with Crippen LogP contribution < -0.4 is 4.74 Å². The maximum absolute atomic E-state index is 13.7. The zero-order chi connectivity index (χ0) is 22.2. The highest BCUT2D eigenvalue weighted by atomic mass is 19.1. The molecule has 3 aromatic rings. The Labute approximate surface area is 185 Å². The minimum absolute atomic E-state index is 0.0549. The van der Waals surface area contributed by atoms with Crippen LogP contribution in [0.3, 0.4) is 0 Å². The molecule has 3 fully saturated rings. The number of ether oxygens (including phenoxy) is 1. The number of aryl methyl sites for hydroxylation is 2. The van der Waals surface area contributed by atoms with Gasteiger partial charge in [0.25, 0.3) is 5.91 Å². The van der Waals surface area contributed by atoms with Crippen molar-refractivity contribution >= 4 is 5.91 Å². The first-order valence-electron chi connectivity index (χ1n) is 10.8. The molecule has 3 atom stereocenters. The molecule has 6 rings (SSSR count). The van der Waals surface area contributed by atoms with Gasteiger partial charge in [0, 0.05) is 25.0 Å². The second-order valence-corrected chi connectivity index (χ2v) is 8.67. The number of nitrogens with zero attached hydrogens (tertiary/aromatic N) is 5. The third-order valence-corrected chi connectivity index (χ3v) is 6.23. The Morgan fingerprint density at radius 1 is 1.03 bits per heavy atom. The van der Waals surface area contributed by atoms with E-state index in [2.05, 4.69) is 19.9 Å². The van der Waals surface area contributed by atoms with E-state index in [1.165, 1.54) is 0 Å². The quantitative estimate of drug-likeness (QED) is 0.623. The molecule has 1 aliphatic carbocycles. The van der Waals surface area contributed by atoms with Crippen molar-refractivity contribution in [2.24, 2.45) is 5.92 Å². The molecular weight excluding hydrogens is 409 g/mol. The zero-order valence-corrected chi connectivity index (χ0v) is 18.0. The highest BCUT2D eigenvalue weighted by Crippen LogP contribution is 2.38. The van der Waals surface area contributed by atoms with Crippen LogP contribution in [0.25, 0.3) is 11.4 Å². The van der Waals surface area contributed by atoms with Crippen molar-refractivity contribution in [3.63, 3.8) is 0 Å². The van der Waals surface area contributed by atoms with Crippen molar-refractivity contribution < 1.29 is 13.9 Å². The number of amides is 1. The van der Waals surface area contributed by atoms with Gasteiger partial charge in [-0.15, -0.1) is 0 Å². The summed E-state index contributed by atoms with van der Waals surface area (Å²) in [6, 6.07) is 5.60. The van der Waals surface area contributed by atoms with Crippen LogP contribution in [0.4, 0.5) is 4.39 Å². The molecule has 2 bridgehead atoms. The van der Waals surface area contributed by atoms with Gasteiger partial charge in [-0.25, -0.2) is 19.3 Å². The number of hydrogen-bond acceptors (Lipinski definition) is 6. The van der Waals surface area contributed by atoms with E-state index in [4.69, 9.17) is 4.74 Å². The molecule has 2 aliphatic heterocycles. The van der Waals surface area contributed by atoms with E-state index in [1.54, 1.807) is 12.4 Å². The van der Waals surface area contributed by atoms with Crippen LogP contribution in [0.1, 0.15) is 40.9 Å². The standard InChI is InChI=1S/C24H24FN5O2/c1-14-3-6-21(26-9-14)32-20-8-16-4-5-19(20)30(13-16)24(31)22-18(7-15(2)10-27-22)23-28-11-17(25)12-29-23/h3,6-7,9-12,16,19-20H,4-5,8,13H2,1-2H3. The molecule has 0 radical (unpaired) electrons. The van der Waals surface area contributed by atoms with Crippen LogP contribution in [0.15, 0.2) is 43.0 Å². The minimum Gasteiger partial charge on any atom is -0.472 e. The van der Waals surface area contributed by atoms with Crippen molar-refractivity contribution in [1.82, 2.24) is 24.8 Å². The lowest BCUT2D eigenvalue weighted by Crippen LogP contribution is -2.59. The summed E-state index contributed by atoms with van der Waals surface area (Å²) in [4.78, 5) is 32.5. The van der Waals surface area contributed by atoms with Crippen LogP contribution in [0.2, 0.25) is 0 Å². The molecule has 0 spiro atoms. The smallest absolute Gasteiger partial charge is 0.273 e. The highest BCUT2D eigenvalue weighted by Gasteiger charge is 2.45. The average Bonchev–Trinajstić information content (AvgIpc) is 2.81. The lowest BCUT2D eigenvalue weighted by atomic mass is 9.77. The molecule has 1 amide bonds. The predicted octanol–water partition coefficient (Wildman–Crippen LogP) is 3.76. The fourth-order valence-electron chi connectivity index (χ4n) is 4.67. The average molecular weight is 433 g/mol. The Balaban J connectivity index is 1.44. The Morgan fingerprint density at radius 2 is 1.81 bits per heavy atom. The fraction of sp³-hybridized carbons (Fsp3) is 0.375. The van der Waals surface area contributed by atoms with Gasteiger partial charge in [-0.2, -0.15) is 0 Å². The number of carbonyl (C=O) groups is 1. The maximum atomic E-state index is 13.7. The number of fused-ring (bicyclic) bond motifs is 3. The molecule has 5 heterocycles. The first kappa shape index (κ1) is 20.5. The van der Waals surface area contributed by atoms with Crippen molar-refractivity contribution in [3.05, 3.63) is 65.6 Å². The zero-order valence-electron chi connectivity index (χ0n) is 18.0. The largest absolute Gasteiger partial charge is 0.472 e. The molecule has 1 saturated carbocycles. The molecule has 164 valence electrons. The Kier molecular flexibility index (Phi) is 5.28. The van der Waals surface area contributed by atoms with E-state index in [1.807, 2.05) is 36.9 Å². The number of rotatable bonds is 4. The van der Waals surface area contributed by atoms with Gasteiger partial charge >= 0.3 is 0 Å². The molecule has 3 unspecified atom stereocenters. The van der Waals surface area contributed by atoms with E-state index in [9.17, 15) is 9.18 Å². The van der Waals surface area contributed by atoms with Crippen LogP contribution in [0.5, 0.6) is 5.88 Å². The third-order valence-electron chi connectivity index (χ3n) is 6.23. The van der Waals surface area contributed by atoms with Crippen LogP contribution >= 0.6 is 0 Å². The number of halogens is 1. The monoisotopic (exact) mass is 433 g/mol. The van der Waals surface area contributed by atoms with Gasteiger partial charge in [0.15, 0.2) is 11.6 Å². The van der Waals surface area contributed by atoms with Gasteiger partial charge in [-0.3, -0.25) is 9.78 Å². The van der Waals surface area contributed by atoms with Gasteiger partial charge in [0.05, 0.1) is 24.0 Å². The van der Waals surface area contributed by atoms with Gasteiger partial charge in [0.1, 0.15) is 11.8 Å². The molecule has 3 aromatic heterocycles. The van der Waals surface area contributed by atoms with Gasteiger partial charge in [0.2, 0.25) is 5.88 Å². The molecule has 32 heavy (non-hydrogen) atoms. The lowest BCUT2D eigenvalue weighted by Gasteiger charge is -2.49. The predicted molar refractivity (Wildman–Crippen MR) is 116 cm³/mol. The fourth-order valence-corrected chi connectivity index (χ4v) is 4.67. The van der Waals surface area contributed by atoms with E-state index >= 15 is 0 Å². The number of aromatic nitrogens is 4. The summed E-state index contributed by atoms with van der Waals surface area (Å²) < 4.78 is 19.6. The van der Waals surface area contributed by atoms with Crippen molar-refractivity contribution in [2.45, 2.75) is 45.3 Å². The molecule has 2 saturated heterocycles. The topological polar surface area (TPSA) is 81.1 Å². The van der Waals surface area contributed by atoms with Crippen molar-refractivity contribution in [2.75, 3.05) is 6.54 Å². The summed E-state index contributed by atoms with van der Waals surface area (Å²) >= 11 is 0. The summed E-state index contributed by atoms with van der Waals surface area (Å²) in [5.41, 5.74) is 2.73. The van der Waals surface area contributed by atoms with Gasteiger partial charge in [-0.05, 0) is 56.2 Å². The molecule has 8 heteroatoms. The second kappa shape index (κ2) is 8.26. The van der Waals surface area contributed by atoms with Crippen LogP contribution in [-0.2, 0) is 0 Å². The number of piperidine rings is 2. The first-order valence-corrected chi connectivity index (χ1v) is 10.8. The summed E-state index contributed by atoms with van der Waals surface area (Å²) in [5, 5.41) is 0. The normalized spacial score (nSPS) is 22.1. The van der Waals surface area contributed by atoms with E-state index in [0.29, 0.717) is 23.9 Å². The third kappa shape index (κ3) is 3.92. The summed E-state index contributed by atoms with van der Waals surface area (Å²) in [5.74, 6) is 0.530. The lowest BCUT2D eigenvalue weighted by molar-refractivity contribution is -0.0315. The first-order chi connectivity index (χ1) is 15.5. The maximum Gasteiger partial charge on any atom is 0.273 e. The number of carbonyl (C=O) groups excluding carboxylic acids is 1. The Bertz CT molecular complexity index is 1140. The van der Waals surface area contributed by atoms with Crippen LogP contribution in [-0.4, -0.2) is 49.4 Å². The number of hydrogen-bond donors (Lipinski definition) is 0. The summed E-state index contributed by atoms with van der Waals surface area (Å²) in [7, 11) is 0. The van der Waals surface area contributed by atoms with E-state index < -0.39 is 5.82 Å². The Morgan fingerprint density at radius 3 is 2.53 bits per heavy atom. The highest BCUT2D eigenvalue weighted by molar-refractivity contribution is 5.98. The van der Waals surface area contributed by atoms with Crippen molar-refractivity contribution in [3.8, 4) is 17.3 Å². The van der Waals surface area contributed by atoms with E-state index in [0.717, 1.165) is 42.8 Å². The molecule has 3 aliphatic rings. The molecule has 0 N–H and O–H groups in total. The molecular formula is C24H24FN5O2. The SMILES string of the molecule is Cc1ccc(OC2CC3CCC2N(C(=O)c2ncc(C)cc2-c2ncc(F)cn2)C3)nc1. The Hall–Kier alpha value is -3.42. The second-order valence-electron chi connectivity index (χ2n) is 8.67. The van der Waals surface area contributed by atoms with Crippen molar-refractivity contribution in [1.29, 1.82) is 0 Å². The molecule has 0 aromatic carbocycles. The summed E-state index contributed by atoms with van der Waals surface area (Å²) in [6.45, 7) is 4.54. The van der Waals surface area contributed by atoms with Gasteiger partial charge < -0.3 is 9.64 Å².